The molecular weight excluding hydrogens is 342 g/mol. The molecule has 0 aliphatic rings. The van der Waals surface area contributed by atoms with Crippen molar-refractivity contribution >= 4 is 27.5 Å². The van der Waals surface area contributed by atoms with Crippen LogP contribution in [0.5, 0.6) is 5.75 Å². The lowest BCUT2D eigenvalue weighted by molar-refractivity contribution is -0.116. The fourth-order valence-electron chi connectivity index (χ4n) is 2.03. The Hall–Kier alpha value is -1.81. The molecule has 0 fully saturated rings. The highest BCUT2D eigenvalue weighted by atomic mass is 79.9. The van der Waals surface area contributed by atoms with E-state index >= 15 is 0 Å². The fourth-order valence-corrected chi connectivity index (χ4v) is 2.28. The zero-order valence-electron chi connectivity index (χ0n) is 12.9. The third-order valence-corrected chi connectivity index (χ3v) is 4.26. The van der Waals surface area contributed by atoms with Crippen LogP contribution >= 0.6 is 15.9 Å². The zero-order valence-corrected chi connectivity index (χ0v) is 14.4. The highest BCUT2D eigenvalue weighted by Crippen LogP contribution is 2.20. The average Bonchev–Trinajstić information content (AvgIpc) is 2.51. The van der Waals surface area contributed by atoms with Crippen LogP contribution in [-0.2, 0) is 11.2 Å². The van der Waals surface area contributed by atoms with Crippen molar-refractivity contribution in [1.82, 2.24) is 0 Å². The monoisotopic (exact) mass is 361 g/mol. The second kappa shape index (κ2) is 7.99. The van der Waals surface area contributed by atoms with Gasteiger partial charge in [-0.1, -0.05) is 35.0 Å². The van der Waals surface area contributed by atoms with Crippen LogP contribution in [0, 0.1) is 6.92 Å². The molecule has 0 aromatic heterocycles. The molecular formula is C18H20BrNO2. The molecule has 3 nitrogen and oxygen atoms in total. The van der Waals surface area contributed by atoms with E-state index in [4.69, 9.17) is 4.74 Å². The quantitative estimate of drug-likeness (QED) is 0.807. The molecule has 0 saturated heterocycles. The Morgan fingerprint density at radius 2 is 1.91 bits per heavy atom. The van der Waals surface area contributed by atoms with Crippen LogP contribution in [0.4, 0.5) is 5.69 Å². The van der Waals surface area contributed by atoms with Gasteiger partial charge >= 0.3 is 0 Å². The largest absolute Gasteiger partial charge is 0.493 e. The Bertz CT molecular complexity index is 638. The number of nitrogens with one attached hydrogen (secondary N) is 1. The molecule has 116 valence electrons. The molecule has 0 radical (unpaired) electrons. The summed E-state index contributed by atoms with van der Waals surface area (Å²) in [4.78, 5) is 11.9. The average molecular weight is 362 g/mol. The number of halogens is 1. The van der Waals surface area contributed by atoms with Gasteiger partial charge in [-0.3, -0.25) is 4.79 Å². The van der Waals surface area contributed by atoms with E-state index in [0.717, 1.165) is 27.9 Å². The molecule has 0 saturated carbocycles. The van der Waals surface area contributed by atoms with Crippen molar-refractivity contribution < 1.29 is 9.53 Å². The number of aryl methyl sites for hydroxylation is 2. The number of hydrogen-bond donors (Lipinski definition) is 1. The van der Waals surface area contributed by atoms with Gasteiger partial charge in [0.05, 0.1) is 13.0 Å². The molecule has 0 aliphatic heterocycles. The smallest absolute Gasteiger partial charge is 0.227 e. The van der Waals surface area contributed by atoms with Gasteiger partial charge in [0.1, 0.15) is 5.75 Å². The van der Waals surface area contributed by atoms with Gasteiger partial charge in [-0.25, -0.2) is 0 Å². The van der Waals surface area contributed by atoms with Gasteiger partial charge in [0, 0.05) is 10.2 Å². The first kappa shape index (κ1) is 16.6. The normalized spacial score (nSPS) is 10.3. The van der Waals surface area contributed by atoms with Gasteiger partial charge in [-0.15, -0.1) is 0 Å². The molecule has 2 aromatic carbocycles. The Balaban J connectivity index is 1.78. The molecule has 0 aliphatic carbocycles. The van der Waals surface area contributed by atoms with E-state index in [1.54, 1.807) is 0 Å². The van der Waals surface area contributed by atoms with Crippen molar-refractivity contribution in [3.63, 3.8) is 0 Å². The summed E-state index contributed by atoms with van der Waals surface area (Å²) in [5.74, 6) is 0.747. The van der Waals surface area contributed by atoms with Crippen molar-refractivity contribution in [2.24, 2.45) is 0 Å². The molecule has 0 unspecified atom stereocenters. The summed E-state index contributed by atoms with van der Waals surface area (Å²) >= 11 is 3.44. The van der Waals surface area contributed by atoms with Crippen molar-refractivity contribution in [3.8, 4) is 5.75 Å². The van der Waals surface area contributed by atoms with E-state index in [1.165, 1.54) is 5.56 Å². The van der Waals surface area contributed by atoms with Crippen LogP contribution in [0.1, 0.15) is 24.5 Å². The van der Waals surface area contributed by atoms with Crippen LogP contribution in [-0.4, -0.2) is 12.5 Å². The summed E-state index contributed by atoms with van der Waals surface area (Å²) < 4.78 is 6.62. The Morgan fingerprint density at radius 1 is 1.18 bits per heavy atom. The summed E-state index contributed by atoms with van der Waals surface area (Å²) in [6.07, 6.45) is 1.33. The number of amides is 1. The number of rotatable bonds is 6. The SMILES string of the molecule is CCc1ccc(OCCC(=O)Nc2ccc(Br)c(C)c2)cc1. The van der Waals surface area contributed by atoms with Gasteiger partial charge in [0.15, 0.2) is 0 Å². The van der Waals surface area contributed by atoms with Crippen LogP contribution < -0.4 is 10.1 Å². The van der Waals surface area contributed by atoms with Crippen LogP contribution in [0.2, 0.25) is 0 Å². The predicted octanol–water partition coefficient (Wildman–Crippen LogP) is 4.73. The number of carbonyl (C=O) groups excluding carboxylic acids is 1. The Labute approximate surface area is 139 Å². The second-order valence-corrected chi connectivity index (χ2v) is 5.96. The zero-order chi connectivity index (χ0) is 15.9. The third-order valence-electron chi connectivity index (χ3n) is 3.37. The highest BCUT2D eigenvalue weighted by molar-refractivity contribution is 9.10. The first-order chi connectivity index (χ1) is 10.6. The van der Waals surface area contributed by atoms with Crippen molar-refractivity contribution in [3.05, 3.63) is 58.1 Å². The number of benzene rings is 2. The van der Waals surface area contributed by atoms with Crippen LogP contribution in [0.3, 0.4) is 0 Å². The second-order valence-electron chi connectivity index (χ2n) is 5.11. The lowest BCUT2D eigenvalue weighted by atomic mass is 10.2. The maximum atomic E-state index is 11.9. The molecule has 0 atom stereocenters. The molecule has 22 heavy (non-hydrogen) atoms. The minimum Gasteiger partial charge on any atom is -0.493 e. The Kier molecular flexibility index (Phi) is 6.01. The molecule has 0 bridgehead atoms. The molecule has 2 rings (SSSR count). The van der Waals surface area contributed by atoms with Crippen molar-refractivity contribution in [2.45, 2.75) is 26.7 Å². The van der Waals surface area contributed by atoms with Gasteiger partial charge in [0.25, 0.3) is 0 Å². The summed E-state index contributed by atoms with van der Waals surface area (Å²) in [5, 5.41) is 2.87. The third kappa shape index (κ3) is 4.88. The van der Waals surface area contributed by atoms with Gasteiger partial charge in [-0.05, 0) is 54.8 Å². The van der Waals surface area contributed by atoms with Crippen molar-refractivity contribution in [2.75, 3.05) is 11.9 Å². The van der Waals surface area contributed by atoms with Crippen LogP contribution in [0.25, 0.3) is 0 Å². The molecule has 2 aromatic rings. The van der Waals surface area contributed by atoms with E-state index in [1.807, 2.05) is 49.4 Å². The lowest BCUT2D eigenvalue weighted by Gasteiger charge is -2.09. The van der Waals surface area contributed by atoms with E-state index < -0.39 is 0 Å². The van der Waals surface area contributed by atoms with E-state index in [0.29, 0.717) is 13.0 Å². The number of hydrogen-bond acceptors (Lipinski definition) is 2. The first-order valence-corrected chi connectivity index (χ1v) is 8.15. The van der Waals surface area contributed by atoms with E-state index in [2.05, 4.69) is 28.2 Å². The Morgan fingerprint density at radius 3 is 2.55 bits per heavy atom. The van der Waals surface area contributed by atoms with Gasteiger partial charge in [-0.2, -0.15) is 0 Å². The lowest BCUT2D eigenvalue weighted by Crippen LogP contribution is -2.15. The summed E-state index contributed by atoms with van der Waals surface area (Å²) in [6.45, 7) is 4.47. The molecule has 1 amide bonds. The number of anilines is 1. The highest BCUT2D eigenvalue weighted by Gasteiger charge is 2.04. The van der Waals surface area contributed by atoms with Gasteiger partial charge in [0.2, 0.25) is 5.91 Å². The summed E-state index contributed by atoms with van der Waals surface area (Å²) in [7, 11) is 0. The molecule has 4 heteroatoms. The molecule has 1 N–H and O–H groups in total. The van der Waals surface area contributed by atoms with E-state index in [9.17, 15) is 4.79 Å². The summed E-state index contributed by atoms with van der Waals surface area (Å²) in [5.41, 5.74) is 3.17. The minimum atomic E-state index is -0.0492. The standard InChI is InChI=1S/C18H20BrNO2/c1-3-14-4-7-16(8-5-14)22-11-10-18(21)20-15-6-9-17(19)13(2)12-15/h4-9,12H,3,10-11H2,1-2H3,(H,20,21). The van der Waals surface area contributed by atoms with Crippen molar-refractivity contribution in [1.29, 1.82) is 0 Å². The fraction of sp³-hybridized carbons (Fsp3) is 0.278. The molecule has 0 spiro atoms. The first-order valence-electron chi connectivity index (χ1n) is 7.36. The minimum absolute atomic E-state index is 0.0492. The van der Waals surface area contributed by atoms with Gasteiger partial charge < -0.3 is 10.1 Å². The summed E-state index contributed by atoms with van der Waals surface area (Å²) in [6, 6.07) is 13.7. The maximum Gasteiger partial charge on any atom is 0.227 e. The van der Waals surface area contributed by atoms with E-state index in [-0.39, 0.29) is 5.91 Å². The number of ether oxygens (including phenoxy) is 1. The maximum absolute atomic E-state index is 11.9. The number of carbonyl (C=O) groups is 1. The topological polar surface area (TPSA) is 38.3 Å². The molecule has 0 heterocycles. The predicted molar refractivity (Wildman–Crippen MR) is 93.4 cm³/mol. The van der Waals surface area contributed by atoms with Crippen LogP contribution in [0.15, 0.2) is 46.9 Å².